The quantitative estimate of drug-likeness (QED) is 0.305. The molecule has 0 aliphatic heterocycles. The van der Waals surface area contributed by atoms with Gasteiger partial charge in [-0.05, 0) is 40.1 Å². The zero-order valence-corrected chi connectivity index (χ0v) is 16.1. The van der Waals surface area contributed by atoms with Crippen LogP contribution in [0.2, 0.25) is 0 Å². The predicted octanol–water partition coefficient (Wildman–Crippen LogP) is 8.04. The molecule has 0 fully saturated rings. The smallest absolute Gasteiger partial charge is 0.159 e. The Hall–Kier alpha value is -4.04. The summed E-state index contributed by atoms with van der Waals surface area (Å²) in [6.07, 6.45) is 0. The molecule has 0 amide bonds. The van der Waals surface area contributed by atoms with E-state index in [1.54, 1.807) is 0 Å². The zero-order valence-electron chi connectivity index (χ0n) is 16.1. The van der Waals surface area contributed by atoms with E-state index in [-0.39, 0.29) is 0 Å². The molecule has 0 radical (unpaired) electrons. The predicted molar refractivity (Wildman–Crippen MR) is 126 cm³/mol. The standard InChI is InChI=1S/C28H17NO/c1-2-8-17(9-3-1)23-16-25-26(20-12-5-4-10-18(20)23)22-15-14-21-19-11-6-7-13-24(19)29-27(21)28(22)30-25/h1-16,29H. The van der Waals surface area contributed by atoms with Crippen LogP contribution >= 0.6 is 0 Å². The SMILES string of the molecule is c1ccc(-c2cc3oc4c(ccc5c6ccccc6[nH]c54)c3c3ccccc23)cc1. The summed E-state index contributed by atoms with van der Waals surface area (Å²) in [6.45, 7) is 0. The average molecular weight is 383 g/mol. The highest BCUT2D eigenvalue weighted by Gasteiger charge is 2.17. The summed E-state index contributed by atoms with van der Waals surface area (Å²) in [7, 11) is 0. The van der Waals surface area contributed by atoms with E-state index in [1.165, 1.54) is 38.1 Å². The number of aromatic nitrogens is 1. The van der Waals surface area contributed by atoms with Crippen molar-refractivity contribution in [1.82, 2.24) is 4.98 Å². The molecule has 30 heavy (non-hydrogen) atoms. The van der Waals surface area contributed by atoms with E-state index in [0.717, 1.165) is 27.6 Å². The molecule has 0 atom stereocenters. The second kappa shape index (κ2) is 5.74. The van der Waals surface area contributed by atoms with E-state index in [0.29, 0.717) is 0 Å². The lowest BCUT2D eigenvalue weighted by atomic mass is 9.95. The molecule has 0 aliphatic rings. The van der Waals surface area contributed by atoms with Gasteiger partial charge in [0.15, 0.2) is 5.58 Å². The van der Waals surface area contributed by atoms with Gasteiger partial charge in [0.2, 0.25) is 0 Å². The molecule has 0 saturated heterocycles. The normalized spacial score (nSPS) is 12.0. The molecule has 2 aromatic heterocycles. The summed E-state index contributed by atoms with van der Waals surface area (Å²) < 4.78 is 6.53. The molecule has 7 aromatic rings. The maximum atomic E-state index is 6.53. The number of rotatable bonds is 1. The topological polar surface area (TPSA) is 28.9 Å². The van der Waals surface area contributed by atoms with Gasteiger partial charge in [-0.15, -0.1) is 0 Å². The van der Waals surface area contributed by atoms with Gasteiger partial charge < -0.3 is 9.40 Å². The van der Waals surface area contributed by atoms with Crippen molar-refractivity contribution in [2.75, 3.05) is 0 Å². The van der Waals surface area contributed by atoms with E-state index in [2.05, 4.69) is 102 Å². The van der Waals surface area contributed by atoms with Crippen LogP contribution in [-0.4, -0.2) is 4.98 Å². The first kappa shape index (κ1) is 15.8. The number of benzene rings is 5. The van der Waals surface area contributed by atoms with Crippen LogP contribution in [-0.2, 0) is 0 Å². The van der Waals surface area contributed by atoms with Gasteiger partial charge in [-0.1, -0.05) is 78.9 Å². The second-order valence-corrected chi connectivity index (χ2v) is 7.85. The molecule has 2 heterocycles. The maximum Gasteiger partial charge on any atom is 0.159 e. The summed E-state index contributed by atoms with van der Waals surface area (Å²) in [5.41, 5.74) is 6.45. The molecule has 0 unspecified atom stereocenters. The van der Waals surface area contributed by atoms with Crippen molar-refractivity contribution in [3.63, 3.8) is 0 Å². The van der Waals surface area contributed by atoms with Crippen molar-refractivity contribution in [2.45, 2.75) is 0 Å². The van der Waals surface area contributed by atoms with Gasteiger partial charge in [0.25, 0.3) is 0 Å². The summed E-state index contributed by atoms with van der Waals surface area (Å²) in [4.78, 5) is 3.58. The molecule has 0 spiro atoms. The lowest BCUT2D eigenvalue weighted by molar-refractivity contribution is 0.672. The van der Waals surface area contributed by atoms with Crippen LogP contribution in [0, 0.1) is 0 Å². The largest absolute Gasteiger partial charge is 0.454 e. The van der Waals surface area contributed by atoms with Gasteiger partial charge in [-0.2, -0.15) is 0 Å². The van der Waals surface area contributed by atoms with Crippen LogP contribution in [0.5, 0.6) is 0 Å². The van der Waals surface area contributed by atoms with Crippen LogP contribution < -0.4 is 0 Å². The van der Waals surface area contributed by atoms with E-state index in [4.69, 9.17) is 4.42 Å². The lowest BCUT2D eigenvalue weighted by Gasteiger charge is -2.08. The first-order chi connectivity index (χ1) is 14.9. The Morgan fingerprint density at radius 2 is 1.27 bits per heavy atom. The van der Waals surface area contributed by atoms with Crippen molar-refractivity contribution in [1.29, 1.82) is 0 Å². The Kier molecular flexibility index (Phi) is 3.03. The Bertz CT molecular complexity index is 1740. The minimum absolute atomic E-state index is 0.925. The number of hydrogen-bond donors (Lipinski definition) is 1. The number of para-hydroxylation sites is 1. The van der Waals surface area contributed by atoms with Gasteiger partial charge in [-0.25, -0.2) is 0 Å². The summed E-state index contributed by atoms with van der Waals surface area (Å²) in [5, 5.41) is 7.23. The Labute approximate surface area is 172 Å². The van der Waals surface area contributed by atoms with E-state index < -0.39 is 0 Å². The van der Waals surface area contributed by atoms with Gasteiger partial charge in [0, 0.05) is 27.1 Å². The molecule has 0 aliphatic carbocycles. The van der Waals surface area contributed by atoms with Crippen LogP contribution in [0.15, 0.2) is 101 Å². The van der Waals surface area contributed by atoms with Crippen LogP contribution in [0.1, 0.15) is 0 Å². The third-order valence-electron chi connectivity index (χ3n) is 6.21. The van der Waals surface area contributed by atoms with Gasteiger partial charge >= 0.3 is 0 Å². The van der Waals surface area contributed by atoms with Crippen molar-refractivity contribution < 1.29 is 4.42 Å². The molecule has 2 nitrogen and oxygen atoms in total. The number of H-pyrrole nitrogens is 1. The average Bonchev–Trinajstić information content (AvgIpc) is 3.37. The van der Waals surface area contributed by atoms with E-state index in [1.807, 2.05) is 0 Å². The summed E-state index contributed by atoms with van der Waals surface area (Å²) >= 11 is 0. The zero-order chi connectivity index (χ0) is 19.7. The number of hydrogen-bond acceptors (Lipinski definition) is 1. The third kappa shape index (κ3) is 2.03. The van der Waals surface area contributed by atoms with Crippen LogP contribution in [0.25, 0.3) is 65.6 Å². The van der Waals surface area contributed by atoms with Crippen LogP contribution in [0.4, 0.5) is 0 Å². The van der Waals surface area contributed by atoms with Gasteiger partial charge in [0.1, 0.15) is 5.58 Å². The second-order valence-electron chi connectivity index (χ2n) is 7.85. The van der Waals surface area contributed by atoms with Gasteiger partial charge in [-0.3, -0.25) is 0 Å². The molecule has 7 rings (SSSR count). The number of fused-ring (bicyclic) bond motifs is 9. The molecule has 0 bridgehead atoms. The summed E-state index contributed by atoms with van der Waals surface area (Å²) in [6, 6.07) is 34.2. The van der Waals surface area contributed by atoms with Crippen LogP contribution in [0.3, 0.4) is 0 Å². The monoisotopic (exact) mass is 383 g/mol. The first-order valence-electron chi connectivity index (χ1n) is 10.2. The van der Waals surface area contributed by atoms with Crippen molar-refractivity contribution in [3.05, 3.63) is 97.1 Å². The minimum atomic E-state index is 0.925. The molecule has 140 valence electrons. The van der Waals surface area contributed by atoms with Crippen molar-refractivity contribution >= 4 is 54.5 Å². The number of nitrogens with one attached hydrogen (secondary N) is 1. The fourth-order valence-corrected chi connectivity index (χ4v) is 4.87. The fourth-order valence-electron chi connectivity index (χ4n) is 4.87. The van der Waals surface area contributed by atoms with Gasteiger partial charge in [0.05, 0.1) is 5.52 Å². The van der Waals surface area contributed by atoms with Crippen molar-refractivity contribution in [2.24, 2.45) is 0 Å². The Morgan fingerprint density at radius 3 is 2.13 bits per heavy atom. The highest BCUT2D eigenvalue weighted by atomic mass is 16.3. The molecular weight excluding hydrogens is 366 g/mol. The highest BCUT2D eigenvalue weighted by Crippen LogP contribution is 2.42. The maximum absolute atomic E-state index is 6.53. The molecular formula is C28H17NO. The Morgan fingerprint density at radius 1 is 0.567 bits per heavy atom. The fraction of sp³-hybridized carbons (Fsp3) is 0. The number of furan rings is 1. The number of aromatic amines is 1. The molecule has 5 aromatic carbocycles. The Balaban J connectivity index is 1.68. The van der Waals surface area contributed by atoms with Crippen molar-refractivity contribution in [3.8, 4) is 11.1 Å². The van der Waals surface area contributed by atoms with E-state index >= 15 is 0 Å². The molecule has 0 saturated carbocycles. The molecule has 1 N–H and O–H groups in total. The van der Waals surface area contributed by atoms with E-state index in [9.17, 15) is 0 Å². The lowest BCUT2D eigenvalue weighted by Crippen LogP contribution is -1.82. The first-order valence-corrected chi connectivity index (χ1v) is 10.2. The minimum Gasteiger partial charge on any atom is -0.454 e. The summed E-state index contributed by atoms with van der Waals surface area (Å²) in [5.74, 6) is 0. The third-order valence-corrected chi connectivity index (χ3v) is 6.21. The molecule has 2 heteroatoms. The highest BCUT2D eigenvalue weighted by molar-refractivity contribution is 6.27.